The van der Waals surface area contributed by atoms with Gasteiger partial charge in [0.05, 0.1) is 5.52 Å². The van der Waals surface area contributed by atoms with Gasteiger partial charge in [-0.25, -0.2) is 4.98 Å². The summed E-state index contributed by atoms with van der Waals surface area (Å²) in [5.74, 6) is 0.784. The van der Waals surface area contributed by atoms with Crippen LogP contribution in [0.15, 0.2) is 42.6 Å². The SMILES string of the molecule is CC(C)NCc1ccc(-n2nnc3ccccc32)nc1. The van der Waals surface area contributed by atoms with E-state index in [1.807, 2.05) is 36.5 Å². The predicted molar refractivity (Wildman–Crippen MR) is 78.6 cm³/mol. The normalized spacial score (nSPS) is 11.3. The second kappa shape index (κ2) is 5.38. The maximum absolute atomic E-state index is 4.47. The topological polar surface area (TPSA) is 55.6 Å². The van der Waals surface area contributed by atoms with Crippen LogP contribution in [0.3, 0.4) is 0 Å². The van der Waals surface area contributed by atoms with Crippen LogP contribution < -0.4 is 5.32 Å². The molecule has 1 N–H and O–H groups in total. The van der Waals surface area contributed by atoms with Gasteiger partial charge in [-0.05, 0) is 23.8 Å². The lowest BCUT2D eigenvalue weighted by molar-refractivity contribution is 0.587. The van der Waals surface area contributed by atoms with E-state index in [-0.39, 0.29) is 0 Å². The van der Waals surface area contributed by atoms with Gasteiger partial charge in [-0.15, -0.1) is 5.10 Å². The number of para-hydroxylation sites is 1. The first kappa shape index (κ1) is 12.7. The zero-order valence-corrected chi connectivity index (χ0v) is 11.6. The molecule has 0 amide bonds. The molecule has 0 aliphatic rings. The average Bonchev–Trinajstić information content (AvgIpc) is 2.89. The summed E-state index contributed by atoms with van der Waals surface area (Å²) in [6, 6.07) is 12.4. The van der Waals surface area contributed by atoms with Crippen LogP contribution in [0.5, 0.6) is 0 Å². The van der Waals surface area contributed by atoms with Gasteiger partial charge < -0.3 is 5.32 Å². The number of fused-ring (bicyclic) bond motifs is 1. The monoisotopic (exact) mass is 267 g/mol. The van der Waals surface area contributed by atoms with Crippen LogP contribution in [0, 0.1) is 0 Å². The van der Waals surface area contributed by atoms with Crippen molar-refractivity contribution in [2.75, 3.05) is 0 Å². The van der Waals surface area contributed by atoms with E-state index in [1.54, 1.807) is 4.68 Å². The Morgan fingerprint density at radius 1 is 1.15 bits per heavy atom. The van der Waals surface area contributed by atoms with Crippen molar-refractivity contribution >= 4 is 11.0 Å². The van der Waals surface area contributed by atoms with E-state index in [2.05, 4.69) is 40.5 Å². The van der Waals surface area contributed by atoms with Crippen molar-refractivity contribution in [1.29, 1.82) is 0 Å². The highest BCUT2D eigenvalue weighted by Crippen LogP contribution is 2.14. The molecule has 0 aliphatic carbocycles. The molecule has 2 heterocycles. The Balaban J connectivity index is 1.87. The molecular formula is C15H17N5. The van der Waals surface area contributed by atoms with Gasteiger partial charge >= 0.3 is 0 Å². The second-order valence-electron chi connectivity index (χ2n) is 5.05. The largest absolute Gasteiger partial charge is 0.310 e. The Morgan fingerprint density at radius 3 is 2.75 bits per heavy atom. The van der Waals surface area contributed by atoms with E-state index in [0.29, 0.717) is 6.04 Å². The lowest BCUT2D eigenvalue weighted by Crippen LogP contribution is -2.21. The molecule has 0 fully saturated rings. The lowest BCUT2D eigenvalue weighted by Gasteiger charge is -2.08. The summed E-state index contributed by atoms with van der Waals surface area (Å²) in [6.07, 6.45) is 1.88. The van der Waals surface area contributed by atoms with E-state index in [1.165, 1.54) is 0 Å². The summed E-state index contributed by atoms with van der Waals surface area (Å²) >= 11 is 0. The maximum atomic E-state index is 4.47. The third-order valence-corrected chi connectivity index (χ3v) is 3.09. The van der Waals surface area contributed by atoms with Crippen molar-refractivity contribution in [3.05, 3.63) is 48.2 Å². The number of nitrogens with one attached hydrogen (secondary N) is 1. The smallest absolute Gasteiger partial charge is 0.155 e. The Morgan fingerprint density at radius 2 is 2.00 bits per heavy atom. The molecule has 20 heavy (non-hydrogen) atoms. The third-order valence-electron chi connectivity index (χ3n) is 3.09. The van der Waals surface area contributed by atoms with Crippen LogP contribution in [0.1, 0.15) is 19.4 Å². The molecule has 5 nitrogen and oxygen atoms in total. The molecule has 0 bridgehead atoms. The Labute approximate surface area is 117 Å². The summed E-state index contributed by atoms with van der Waals surface area (Å²) in [5, 5.41) is 11.7. The Bertz CT molecular complexity index is 700. The van der Waals surface area contributed by atoms with Gasteiger partial charge in [-0.3, -0.25) is 0 Å². The Hall–Kier alpha value is -2.27. The minimum absolute atomic E-state index is 0.467. The van der Waals surface area contributed by atoms with Gasteiger partial charge in [0.15, 0.2) is 5.82 Å². The molecule has 0 saturated carbocycles. The van der Waals surface area contributed by atoms with Gasteiger partial charge in [0, 0.05) is 18.8 Å². The van der Waals surface area contributed by atoms with Crippen molar-refractivity contribution in [3.63, 3.8) is 0 Å². The summed E-state index contributed by atoms with van der Waals surface area (Å²) in [5.41, 5.74) is 3.00. The van der Waals surface area contributed by atoms with Crippen molar-refractivity contribution in [2.24, 2.45) is 0 Å². The molecule has 1 aromatic carbocycles. The summed E-state index contributed by atoms with van der Waals surface area (Å²) in [6.45, 7) is 5.08. The quantitative estimate of drug-likeness (QED) is 0.788. The molecule has 0 saturated heterocycles. The number of hydrogen-bond acceptors (Lipinski definition) is 4. The number of aromatic nitrogens is 4. The number of hydrogen-bond donors (Lipinski definition) is 1. The van der Waals surface area contributed by atoms with Crippen LogP contribution in [0.2, 0.25) is 0 Å². The van der Waals surface area contributed by atoms with E-state index in [4.69, 9.17) is 0 Å². The standard InChI is InChI=1S/C15H17N5/c1-11(2)16-9-12-7-8-15(17-10-12)20-14-6-4-3-5-13(14)18-19-20/h3-8,10-11,16H,9H2,1-2H3. The van der Waals surface area contributed by atoms with E-state index >= 15 is 0 Å². The highest BCUT2D eigenvalue weighted by Gasteiger charge is 2.06. The number of rotatable bonds is 4. The molecule has 0 unspecified atom stereocenters. The van der Waals surface area contributed by atoms with Gasteiger partial charge in [0.2, 0.25) is 0 Å². The fourth-order valence-electron chi connectivity index (χ4n) is 2.01. The zero-order chi connectivity index (χ0) is 13.9. The van der Waals surface area contributed by atoms with Crippen LogP contribution in [0.25, 0.3) is 16.9 Å². The third kappa shape index (κ3) is 2.53. The van der Waals surface area contributed by atoms with E-state index < -0.39 is 0 Å². The highest BCUT2D eigenvalue weighted by molar-refractivity contribution is 5.75. The molecule has 3 rings (SSSR count). The summed E-state index contributed by atoms with van der Waals surface area (Å²) in [4.78, 5) is 4.47. The first-order chi connectivity index (χ1) is 9.74. The molecule has 0 atom stereocenters. The minimum atomic E-state index is 0.467. The van der Waals surface area contributed by atoms with Crippen molar-refractivity contribution in [2.45, 2.75) is 26.4 Å². The Kier molecular flexibility index (Phi) is 3.43. The number of pyridine rings is 1. The first-order valence-corrected chi connectivity index (χ1v) is 6.73. The summed E-state index contributed by atoms with van der Waals surface area (Å²) < 4.78 is 1.76. The van der Waals surface area contributed by atoms with Crippen LogP contribution in [-0.4, -0.2) is 26.0 Å². The van der Waals surface area contributed by atoms with Gasteiger partial charge in [-0.1, -0.05) is 37.3 Å². The van der Waals surface area contributed by atoms with Crippen LogP contribution >= 0.6 is 0 Å². The number of benzene rings is 1. The van der Waals surface area contributed by atoms with Gasteiger partial charge in [0.1, 0.15) is 5.52 Å². The fourth-order valence-corrected chi connectivity index (χ4v) is 2.01. The maximum Gasteiger partial charge on any atom is 0.155 e. The van der Waals surface area contributed by atoms with Gasteiger partial charge in [0.25, 0.3) is 0 Å². The minimum Gasteiger partial charge on any atom is -0.310 e. The zero-order valence-electron chi connectivity index (χ0n) is 11.6. The molecule has 5 heteroatoms. The van der Waals surface area contributed by atoms with Crippen molar-refractivity contribution < 1.29 is 0 Å². The average molecular weight is 267 g/mol. The summed E-state index contributed by atoms with van der Waals surface area (Å²) in [7, 11) is 0. The first-order valence-electron chi connectivity index (χ1n) is 6.73. The molecule has 3 aromatic rings. The highest BCUT2D eigenvalue weighted by atomic mass is 15.4. The predicted octanol–water partition coefficient (Wildman–Crippen LogP) is 2.31. The number of nitrogens with zero attached hydrogens (tertiary/aromatic N) is 4. The molecular weight excluding hydrogens is 250 g/mol. The van der Waals surface area contributed by atoms with E-state index in [9.17, 15) is 0 Å². The van der Waals surface area contributed by atoms with Gasteiger partial charge in [-0.2, -0.15) is 4.68 Å². The molecule has 0 aliphatic heterocycles. The molecule has 0 spiro atoms. The fraction of sp³-hybridized carbons (Fsp3) is 0.267. The molecule has 0 radical (unpaired) electrons. The molecule has 102 valence electrons. The van der Waals surface area contributed by atoms with E-state index in [0.717, 1.165) is 29.0 Å². The van der Waals surface area contributed by atoms with Crippen molar-refractivity contribution in [3.8, 4) is 5.82 Å². The lowest BCUT2D eigenvalue weighted by atomic mass is 10.2. The molecule has 2 aromatic heterocycles. The van der Waals surface area contributed by atoms with Crippen molar-refractivity contribution in [1.82, 2.24) is 25.3 Å². The second-order valence-corrected chi connectivity index (χ2v) is 5.05. The van der Waals surface area contributed by atoms with Crippen LogP contribution in [-0.2, 0) is 6.54 Å². The van der Waals surface area contributed by atoms with Crippen LogP contribution in [0.4, 0.5) is 0 Å².